The Hall–Kier alpha value is -1.81. The second-order valence-corrected chi connectivity index (χ2v) is 7.45. The summed E-state index contributed by atoms with van der Waals surface area (Å²) in [5.41, 5.74) is 1.07. The number of ether oxygens (including phenoxy) is 1. The number of nitrogens with zero attached hydrogens (tertiary/aromatic N) is 1. The van der Waals surface area contributed by atoms with Crippen LogP contribution in [0.1, 0.15) is 42.5 Å². The second-order valence-electron chi connectivity index (χ2n) is 6.42. The van der Waals surface area contributed by atoms with Crippen LogP contribution in [0.5, 0.6) is 5.75 Å². The zero-order valence-corrected chi connectivity index (χ0v) is 15.1. The summed E-state index contributed by atoms with van der Waals surface area (Å²) in [6.45, 7) is 1.29. The number of methoxy groups -OCH3 is 1. The fourth-order valence-corrected chi connectivity index (χ4v) is 4.17. The highest BCUT2D eigenvalue weighted by molar-refractivity contribution is 7.09. The monoisotopic (exact) mass is 343 g/mol. The Labute approximate surface area is 148 Å². The third kappa shape index (κ3) is 4.18. The third-order valence-electron chi connectivity index (χ3n) is 4.75. The molecule has 1 amide bonds. The number of carbonyl (C=O) groups is 1. The van der Waals surface area contributed by atoms with Crippen molar-refractivity contribution in [3.63, 3.8) is 0 Å². The van der Waals surface area contributed by atoms with Crippen LogP contribution in [0.4, 0.5) is 0 Å². The van der Waals surface area contributed by atoms with E-state index in [0.717, 1.165) is 24.2 Å². The van der Waals surface area contributed by atoms with Crippen molar-refractivity contribution >= 4 is 17.2 Å². The fraction of sp³-hybridized carbons (Fsp3) is 0.450. The number of thiophene rings is 1. The molecule has 1 heterocycles. The first-order valence-electron chi connectivity index (χ1n) is 8.71. The van der Waals surface area contributed by atoms with Crippen LogP contribution in [0.3, 0.4) is 0 Å². The summed E-state index contributed by atoms with van der Waals surface area (Å²) in [6.07, 6.45) is 5.69. The minimum Gasteiger partial charge on any atom is -0.496 e. The first kappa shape index (κ1) is 17.0. The Balaban J connectivity index is 1.79. The Morgan fingerprint density at radius 2 is 1.92 bits per heavy atom. The van der Waals surface area contributed by atoms with Crippen molar-refractivity contribution in [1.29, 1.82) is 0 Å². The van der Waals surface area contributed by atoms with Crippen molar-refractivity contribution in [3.05, 3.63) is 52.2 Å². The summed E-state index contributed by atoms with van der Waals surface area (Å²) < 4.78 is 5.47. The van der Waals surface area contributed by atoms with Gasteiger partial charge in [-0.3, -0.25) is 4.79 Å². The molecule has 1 aromatic carbocycles. The molecule has 1 saturated carbocycles. The number of benzene rings is 1. The Morgan fingerprint density at radius 1 is 1.12 bits per heavy atom. The van der Waals surface area contributed by atoms with Gasteiger partial charge in [-0.2, -0.15) is 0 Å². The van der Waals surface area contributed by atoms with Crippen molar-refractivity contribution < 1.29 is 9.53 Å². The van der Waals surface area contributed by atoms with Crippen LogP contribution >= 0.6 is 11.3 Å². The lowest BCUT2D eigenvalue weighted by Gasteiger charge is -2.29. The Bertz CT molecular complexity index is 647. The van der Waals surface area contributed by atoms with Crippen LogP contribution in [0.25, 0.3) is 0 Å². The lowest BCUT2D eigenvalue weighted by Crippen LogP contribution is -2.36. The van der Waals surface area contributed by atoms with Gasteiger partial charge in [0, 0.05) is 22.9 Å². The average molecular weight is 343 g/mol. The molecule has 3 nitrogen and oxygen atoms in total. The highest BCUT2D eigenvalue weighted by atomic mass is 32.1. The minimum absolute atomic E-state index is 0.188. The van der Waals surface area contributed by atoms with Crippen LogP contribution in [0, 0.1) is 5.92 Å². The van der Waals surface area contributed by atoms with Gasteiger partial charge < -0.3 is 9.64 Å². The van der Waals surface area contributed by atoms with Crippen LogP contribution in [-0.2, 0) is 17.9 Å². The maximum atomic E-state index is 13.1. The first-order chi connectivity index (χ1) is 11.8. The molecule has 0 unspecified atom stereocenters. The molecule has 0 radical (unpaired) electrons. The minimum atomic E-state index is 0.188. The SMILES string of the molecule is COc1ccccc1CN(Cc1cccs1)C(=O)C1CCCCC1. The van der Waals surface area contributed by atoms with Crippen LogP contribution in [0.15, 0.2) is 41.8 Å². The summed E-state index contributed by atoms with van der Waals surface area (Å²) in [7, 11) is 1.69. The van der Waals surface area contributed by atoms with E-state index in [1.807, 2.05) is 29.2 Å². The van der Waals surface area contributed by atoms with Crippen molar-refractivity contribution in [2.45, 2.75) is 45.2 Å². The van der Waals surface area contributed by atoms with Gasteiger partial charge in [0.15, 0.2) is 0 Å². The normalized spacial score (nSPS) is 15.2. The van der Waals surface area contributed by atoms with Gasteiger partial charge in [-0.25, -0.2) is 0 Å². The molecule has 2 aromatic rings. The third-order valence-corrected chi connectivity index (χ3v) is 5.61. The molecule has 24 heavy (non-hydrogen) atoms. The largest absolute Gasteiger partial charge is 0.496 e. The standard InChI is InChI=1S/C20H25NO2S/c1-23-19-12-6-5-10-17(19)14-21(15-18-11-7-13-24-18)20(22)16-8-3-2-4-9-16/h5-7,10-13,16H,2-4,8-9,14-15H2,1H3. The Kier molecular flexibility index (Phi) is 5.91. The maximum Gasteiger partial charge on any atom is 0.226 e. The molecule has 4 heteroatoms. The lowest BCUT2D eigenvalue weighted by molar-refractivity contribution is -0.137. The molecule has 1 fully saturated rings. The zero-order valence-electron chi connectivity index (χ0n) is 14.2. The van der Waals surface area contributed by atoms with Crippen LogP contribution in [-0.4, -0.2) is 17.9 Å². The van der Waals surface area contributed by atoms with Gasteiger partial charge in [-0.15, -0.1) is 11.3 Å². The van der Waals surface area contributed by atoms with Gasteiger partial charge in [-0.05, 0) is 30.4 Å². The van der Waals surface area contributed by atoms with E-state index in [0.29, 0.717) is 19.0 Å². The topological polar surface area (TPSA) is 29.5 Å². The van der Waals surface area contributed by atoms with E-state index < -0.39 is 0 Å². The summed E-state index contributed by atoms with van der Waals surface area (Å²) >= 11 is 1.71. The van der Waals surface area contributed by atoms with Crippen molar-refractivity contribution in [1.82, 2.24) is 4.90 Å². The molecule has 0 spiro atoms. The van der Waals surface area contributed by atoms with Gasteiger partial charge in [-0.1, -0.05) is 43.5 Å². The van der Waals surface area contributed by atoms with E-state index in [-0.39, 0.29) is 5.92 Å². The van der Waals surface area contributed by atoms with Gasteiger partial charge >= 0.3 is 0 Å². The van der Waals surface area contributed by atoms with E-state index in [1.54, 1.807) is 18.4 Å². The molecule has 128 valence electrons. The number of hydrogen-bond acceptors (Lipinski definition) is 3. The van der Waals surface area contributed by atoms with E-state index in [1.165, 1.54) is 24.1 Å². The molecular weight excluding hydrogens is 318 g/mol. The van der Waals surface area contributed by atoms with Crippen molar-refractivity contribution in [2.24, 2.45) is 5.92 Å². The van der Waals surface area contributed by atoms with Crippen LogP contribution < -0.4 is 4.74 Å². The molecule has 0 N–H and O–H groups in total. The number of carbonyl (C=O) groups excluding carboxylic acids is 1. The molecular formula is C20H25NO2S. The van der Waals surface area contributed by atoms with E-state index >= 15 is 0 Å². The number of para-hydroxylation sites is 1. The smallest absolute Gasteiger partial charge is 0.226 e. The fourth-order valence-electron chi connectivity index (χ4n) is 3.45. The molecule has 0 bridgehead atoms. The number of amides is 1. The molecule has 1 aliphatic carbocycles. The number of rotatable bonds is 6. The highest BCUT2D eigenvalue weighted by Gasteiger charge is 2.26. The average Bonchev–Trinajstić information content (AvgIpc) is 3.15. The van der Waals surface area contributed by atoms with Gasteiger partial charge in [0.2, 0.25) is 5.91 Å². The quantitative estimate of drug-likeness (QED) is 0.749. The summed E-state index contributed by atoms with van der Waals surface area (Å²) in [6, 6.07) is 12.1. The molecule has 1 aromatic heterocycles. The molecule has 3 rings (SSSR count). The predicted molar refractivity (Wildman–Crippen MR) is 98.1 cm³/mol. The van der Waals surface area contributed by atoms with Crippen molar-refractivity contribution in [3.8, 4) is 5.75 Å². The van der Waals surface area contributed by atoms with Crippen LogP contribution in [0.2, 0.25) is 0 Å². The van der Waals surface area contributed by atoms with E-state index in [9.17, 15) is 4.79 Å². The van der Waals surface area contributed by atoms with E-state index in [4.69, 9.17) is 4.74 Å². The van der Waals surface area contributed by atoms with E-state index in [2.05, 4.69) is 17.5 Å². The molecule has 0 saturated heterocycles. The second kappa shape index (κ2) is 8.34. The Morgan fingerprint density at radius 3 is 2.62 bits per heavy atom. The molecule has 0 aliphatic heterocycles. The zero-order chi connectivity index (χ0) is 16.8. The summed E-state index contributed by atoms with van der Waals surface area (Å²) in [5.74, 6) is 1.34. The van der Waals surface area contributed by atoms with Crippen molar-refractivity contribution in [2.75, 3.05) is 7.11 Å². The summed E-state index contributed by atoms with van der Waals surface area (Å²) in [4.78, 5) is 16.4. The summed E-state index contributed by atoms with van der Waals surface area (Å²) in [5, 5.41) is 2.07. The first-order valence-corrected chi connectivity index (χ1v) is 9.59. The maximum absolute atomic E-state index is 13.1. The van der Waals surface area contributed by atoms with Gasteiger partial charge in [0.1, 0.15) is 5.75 Å². The number of hydrogen-bond donors (Lipinski definition) is 0. The molecule has 1 aliphatic rings. The highest BCUT2D eigenvalue weighted by Crippen LogP contribution is 2.28. The lowest BCUT2D eigenvalue weighted by atomic mass is 9.88. The van der Waals surface area contributed by atoms with Gasteiger partial charge in [0.05, 0.1) is 13.7 Å². The predicted octanol–water partition coefficient (Wildman–Crippen LogP) is 4.87. The van der Waals surface area contributed by atoms with Gasteiger partial charge in [0.25, 0.3) is 0 Å². The molecule has 0 atom stereocenters.